The topological polar surface area (TPSA) is 9.86 Å². The van der Waals surface area contributed by atoms with Crippen molar-refractivity contribution in [2.75, 3.05) is 0 Å². The fraction of sp³-hybridized carbons (Fsp3) is 0. The molecular weight excluding hydrogens is 484 g/mol. The number of hydrogen-bond donors (Lipinski definition) is 0. The Labute approximate surface area is 230 Å². The van der Waals surface area contributed by atoms with Gasteiger partial charge in [0.05, 0.1) is 27.8 Å². The Balaban J connectivity index is 1.66. The molecule has 0 atom stereocenters. The summed E-state index contributed by atoms with van der Waals surface area (Å²) < 4.78 is 5.01. The fourth-order valence-electron chi connectivity index (χ4n) is 6.87. The van der Waals surface area contributed by atoms with E-state index in [0.717, 1.165) is 0 Å². The van der Waals surface area contributed by atoms with Gasteiger partial charge in [0, 0.05) is 27.2 Å². The molecule has 2 heteroatoms. The lowest BCUT2D eigenvalue weighted by Gasteiger charge is -2.14. The molecule has 0 amide bonds. The third-order valence-electron chi connectivity index (χ3n) is 8.46. The molecule has 0 spiro atoms. The van der Waals surface area contributed by atoms with Crippen LogP contribution in [0.3, 0.4) is 0 Å². The van der Waals surface area contributed by atoms with Crippen molar-refractivity contribution in [3.8, 4) is 11.4 Å². The lowest BCUT2D eigenvalue weighted by molar-refractivity contribution is 1.18. The Morgan fingerprint density at radius 2 is 0.900 bits per heavy atom. The summed E-state index contributed by atoms with van der Waals surface area (Å²) in [5.74, 6) is 0. The van der Waals surface area contributed by atoms with Crippen molar-refractivity contribution in [3.05, 3.63) is 146 Å². The highest BCUT2D eigenvalue weighted by molar-refractivity contribution is 6.34. The van der Waals surface area contributed by atoms with E-state index < -0.39 is 0 Å². The summed E-state index contributed by atoms with van der Waals surface area (Å²) in [6.07, 6.45) is 0. The lowest BCUT2D eigenvalue weighted by atomic mass is 9.97. The van der Waals surface area contributed by atoms with Gasteiger partial charge in [0.15, 0.2) is 0 Å². The first-order chi connectivity index (χ1) is 19.9. The van der Waals surface area contributed by atoms with Gasteiger partial charge in [-0.05, 0) is 45.8 Å². The van der Waals surface area contributed by atoms with E-state index in [1.807, 2.05) is 0 Å². The van der Waals surface area contributed by atoms with Crippen LogP contribution in [-0.4, -0.2) is 9.13 Å². The first-order valence-electron chi connectivity index (χ1n) is 13.8. The van der Waals surface area contributed by atoms with Gasteiger partial charge in [-0.2, -0.15) is 0 Å². The van der Waals surface area contributed by atoms with E-state index in [1.54, 1.807) is 0 Å². The monoisotopic (exact) mass is 508 g/mol. The Hall–Kier alpha value is -5.34. The van der Waals surface area contributed by atoms with Crippen LogP contribution < -0.4 is 0 Å². The van der Waals surface area contributed by atoms with Crippen molar-refractivity contribution >= 4 is 65.2 Å². The molecule has 2 aromatic heterocycles. The van der Waals surface area contributed by atoms with Crippen LogP contribution in [0.4, 0.5) is 0 Å². The molecule has 0 unspecified atom stereocenters. The average molecular weight is 509 g/mol. The van der Waals surface area contributed by atoms with E-state index >= 15 is 0 Å². The molecule has 40 heavy (non-hydrogen) atoms. The predicted octanol–water partition coefficient (Wildman–Crippen LogP) is 10.2. The van der Waals surface area contributed by atoms with Crippen molar-refractivity contribution in [1.29, 1.82) is 0 Å². The fourth-order valence-corrected chi connectivity index (χ4v) is 6.87. The molecule has 0 aliphatic carbocycles. The van der Waals surface area contributed by atoms with Crippen LogP contribution in [0.2, 0.25) is 0 Å². The Morgan fingerprint density at radius 1 is 0.325 bits per heavy atom. The van der Waals surface area contributed by atoms with E-state index in [2.05, 4.69) is 155 Å². The second-order valence-corrected chi connectivity index (χ2v) is 10.5. The molecule has 7 aromatic carbocycles. The first kappa shape index (κ1) is 21.6. The van der Waals surface area contributed by atoms with E-state index in [4.69, 9.17) is 0 Å². The second kappa shape index (κ2) is 8.08. The molecule has 0 saturated heterocycles. The SMILES string of the molecule is c1ccc(-n2c3c4ccccc4c4ccccc4c3c3c2c2ccccc2n3-c2cccc3ccccc23)cc1. The van der Waals surface area contributed by atoms with Crippen LogP contribution in [-0.2, 0) is 0 Å². The molecule has 9 aromatic rings. The normalized spacial score (nSPS) is 12.0. The van der Waals surface area contributed by atoms with Crippen LogP contribution in [0.5, 0.6) is 0 Å². The lowest BCUT2D eigenvalue weighted by Crippen LogP contribution is -1.96. The van der Waals surface area contributed by atoms with Crippen molar-refractivity contribution in [2.45, 2.75) is 0 Å². The minimum absolute atomic E-state index is 1.17. The van der Waals surface area contributed by atoms with E-state index in [1.165, 1.54) is 76.5 Å². The molecule has 2 nitrogen and oxygen atoms in total. The second-order valence-electron chi connectivity index (χ2n) is 10.5. The Bertz CT molecular complexity index is 2420. The number of para-hydroxylation sites is 2. The molecule has 0 aliphatic heterocycles. The maximum absolute atomic E-state index is 2.51. The molecule has 0 bridgehead atoms. The van der Waals surface area contributed by atoms with Crippen molar-refractivity contribution < 1.29 is 0 Å². The highest BCUT2D eigenvalue weighted by Crippen LogP contribution is 2.46. The van der Waals surface area contributed by atoms with Gasteiger partial charge in [-0.1, -0.05) is 121 Å². The summed E-state index contributed by atoms with van der Waals surface area (Å²) >= 11 is 0. The number of hydrogen-bond acceptors (Lipinski definition) is 0. The van der Waals surface area contributed by atoms with Gasteiger partial charge in [-0.3, -0.25) is 0 Å². The molecule has 0 N–H and O–H groups in total. The summed E-state index contributed by atoms with van der Waals surface area (Å²) in [6, 6.07) is 52.8. The number of fused-ring (bicyclic) bond motifs is 11. The molecule has 0 fully saturated rings. The first-order valence-corrected chi connectivity index (χ1v) is 13.8. The van der Waals surface area contributed by atoms with Crippen LogP contribution in [0.1, 0.15) is 0 Å². The van der Waals surface area contributed by atoms with Crippen molar-refractivity contribution in [3.63, 3.8) is 0 Å². The number of rotatable bonds is 2. The summed E-state index contributed by atoms with van der Waals surface area (Å²) in [5, 5.41) is 10.1. The zero-order valence-corrected chi connectivity index (χ0v) is 21.8. The Morgan fingerprint density at radius 3 is 1.70 bits per heavy atom. The Kier molecular flexibility index (Phi) is 4.36. The van der Waals surface area contributed by atoms with Gasteiger partial charge in [-0.15, -0.1) is 0 Å². The zero-order valence-electron chi connectivity index (χ0n) is 21.8. The van der Waals surface area contributed by atoms with E-state index in [9.17, 15) is 0 Å². The third-order valence-corrected chi connectivity index (χ3v) is 8.46. The molecule has 0 saturated carbocycles. The summed E-state index contributed by atoms with van der Waals surface area (Å²) in [7, 11) is 0. The quantitative estimate of drug-likeness (QED) is 0.206. The minimum Gasteiger partial charge on any atom is -0.306 e. The molecule has 9 rings (SSSR count). The smallest absolute Gasteiger partial charge is 0.0810 e. The number of nitrogens with zero attached hydrogens (tertiary/aromatic N) is 2. The highest BCUT2D eigenvalue weighted by atomic mass is 15.1. The molecule has 2 heterocycles. The average Bonchev–Trinajstić information content (AvgIpc) is 3.55. The summed E-state index contributed by atoms with van der Waals surface area (Å²) in [4.78, 5) is 0. The number of aromatic nitrogens is 2. The third kappa shape index (κ3) is 2.77. The van der Waals surface area contributed by atoms with Gasteiger partial charge >= 0.3 is 0 Å². The van der Waals surface area contributed by atoms with Crippen LogP contribution in [0.25, 0.3) is 76.5 Å². The van der Waals surface area contributed by atoms with Gasteiger partial charge in [-0.25, -0.2) is 0 Å². The van der Waals surface area contributed by atoms with Gasteiger partial charge in [0.2, 0.25) is 0 Å². The maximum Gasteiger partial charge on any atom is 0.0810 e. The zero-order chi connectivity index (χ0) is 26.2. The van der Waals surface area contributed by atoms with Gasteiger partial charge in [0.1, 0.15) is 0 Å². The van der Waals surface area contributed by atoms with Crippen LogP contribution in [0, 0.1) is 0 Å². The standard InChI is InChI=1S/C38H24N2/c1-2-15-26(16-3-1)39-36-31-21-9-7-19-29(31)28-18-6-8-20-30(28)35(36)38-37(39)32-22-10-11-23-34(32)40(38)33-24-12-14-25-13-4-5-17-27(25)33/h1-24H. The van der Waals surface area contributed by atoms with Crippen LogP contribution >= 0.6 is 0 Å². The minimum atomic E-state index is 1.17. The van der Waals surface area contributed by atoms with Gasteiger partial charge in [0.25, 0.3) is 0 Å². The molecule has 186 valence electrons. The highest BCUT2D eigenvalue weighted by Gasteiger charge is 2.25. The van der Waals surface area contributed by atoms with Gasteiger partial charge < -0.3 is 9.13 Å². The van der Waals surface area contributed by atoms with Crippen molar-refractivity contribution in [2.24, 2.45) is 0 Å². The summed E-state index contributed by atoms with van der Waals surface area (Å²) in [5.41, 5.74) is 7.33. The largest absolute Gasteiger partial charge is 0.306 e. The molecule has 0 aliphatic rings. The number of benzene rings is 7. The molecular formula is C38H24N2. The van der Waals surface area contributed by atoms with Crippen molar-refractivity contribution in [1.82, 2.24) is 9.13 Å². The summed E-state index contributed by atoms with van der Waals surface area (Å²) in [6.45, 7) is 0. The molecule has 0 radical (unpaired) electrons. The predicted molar refractivity (Wildman–Crippen MR) is 170 cm³/mol. The van der Waals surface area contributed by atoms with E-state index in [0.29, 0.717) is 0 Å². The maximum atomic E-state index is 2.51. The van der Waals surface area contributed by atoms with Crippen LogP contribution in [0.15, 0.2) is 146 Å². The van der Waals surface area contributed by atoms with E-state index in [-0.39, 0.29) is 0 Å².